The van der Waals surface area contributed by atoms with E-state index in [1.165, 1.54) is 4.90 Å². The Hall–Kier alpha value is -1.10. The van der Waals surface area contributed by atoms with Crippen molar-refractivity contribution >= 4 is 11.9 Å². The maximum Gasteiger partial charge on any atom is 0.326 e. The van der Waals surface area contributed by atoms with E-state index in [9.17, 15) is 14.7 Å². The van der Waals surface area contributed by atoms with E-state index in [4.69, 9.17) is 5.73 Å². The fraction of sp³-hybridized carbons (Fsp3) is 0.846. The number of hydrogen-bond donors (Lipinski definition) is 2. The summed E-state index contributed by atoms with van der Waals surface area (Å²) in [6.07, 6.45) is 4.76. The summed E-state index contributed by atoms with van der Waals surface area (Å²) in [5, 5.41) is 9.29. The Morgan fingerprint density at radius 3 is 2.56 bits per heavy atom. The van der Waals surface area contributed by atoms with Crippen LogP contribution in [0.1, 0.15) is 45.4 Å². The van der Waals surface area contributed by atoms with Crippen molar-refractivity contribution in [2.75, 3.05) is 6.54 Å². The molecular formula is C13H22N2O3. The first-order valence-corrected chi connectivity index (χ1v) is 6.80. The van der Waals surface area contributed by atoms with Crippen molar-refractivity contribution < 1.29 is 14.7 Å². The molecule has 2 aliphatic rings. The molecule has 5 nitrogen and oxygen atoms in total. The van der Waals surface area contributed by atoms with Crippen molar-refractivity contribution in [2.24, 2.45) is 11.7 Å². The predicted octanol–water partition coefficient (Wildman–Crippen LogP) is 0.970. The Bertz CT molecular complexity index is 352. The molecule has 0 bridgehead atoms. The molecule has 0 aromatic rings. The highest BCUT2D eigenvalue weighted by atomic mass is 16.4. The number of aliphatic carboxylic acids is 1. The highest BCUT2D eigenvalue weighted by Crippen LogP contribution is 2.34. The monoisotopic (exact) mass is 254 g/mol. The standard InChI is InChI=1S/C13H22N2O3/c1-2-9-4-7-15(10(8-9)11(16)17)12(18)13(14)5-3-6-13/h9-10H,2-8,14H2,1H3,(H,16,17). The number of nitrogens with zero attached hydrogens (tertiary/aromatic N) is 1. The lowest BCUT2D eigenvalue weighted by Gasteiger charge is -2.45. The van der Waals surface area contributed by atoms with Crippen LogP contribution in [0.3, 0.4) is 0 Å². The average molecular weight is 254 g/mol. The molecule has 5 heteroatoms. The van der Waals surface area contributed by atoms with Crippen LogP contribution >= 0.6 is 0 Å². The van der Waals surface area contributed by atoms with E-state index in [2.05, 4.69) is 6.92 Å². The van der Waals surface area contributed by atoms with E-state index in [1.807, 2.05) is 0 Å². The maximum atomic E-state index is 12.3. The molecule has 1 saturated carbocycles. The summed E-state index contributed by atoms with van der Waals surface area (Å²) in [7, 11) is 0. The highest BCUT2D eigenvalue weighted by Gasteiger charge is 2.46. The van der Waals surface area contributed by atoms with Crippen molar-refractivity contribution in [1.82, 2.24) is 4.90 Å². The molecule has 3 N–H and O–H groups in total. The van der Waals surface area contributed by atoms with Gasteiger partial charge in [-0.1, -0.05) is 13.3 Å². The molecular weight excluding hydrogens is 232 g/mol. The van der Waals surface area contributed by atoms with Gasteiger partial charge in [-0.2, -0.15) is 0 Å². The topological polar surface area (TPSA) is 83.6 Å². The van der Waals surface area contributed by atoms with Crippen LogP contribution in [-0.2, 0) is 9.59 Å². The Labute approximate surface area is 107 Å². The third-order valence-corrected chi connectivity index (χ3v) is 4.51. The van der Waals surface area contributed by atoms with Crippen molar-refractivity contribution in [3.63, 3.8) is 0 Å². The van der Waals surface area contributed by atoms with Gasteiger partial charge >= 0.3 is 5.97 Å². The lowest BCUT2D eigenvalue weighted by atomic mass is 9.75. The Kier molecular flexibility index (Phi) is 3.61. The Morgan fingerprint density at radius 1 is 1.44 bits per heavy atom. The van der Waals surface area contributed by atoms with Crippen molar-refractivity contribution in [3.05, 3.63) is 0 Å². The number of amides is 1. The average Bonchev–Trinajstić information content (AvgIpc) is 2.34. The van der Waals surface area contributed by atoms with Gasteiger partial charge in [0.2, 0.25) is 5.91 Å². The van der Waals surface area contributed by atoms with Gasteiger partial charge in [-0.3, -0.25) is 4.79 Å². The number of rotatable bonds is 3. The first kappa shape index (κ1) is 13.3. The van der Waals surface area contributed by atoms with Crippen LogP contribution in [0.25, 0.3) is 0 Å². The second-order valence-electron chi connectivity index (χ2n) is 5.66. The van der Waals surface area contributed by atoms with Crippen LogP contribution in [0, 0.1) is 5.92 Å². The van der Waals surface area contributed by atoms with E-state index >= 15 is 0 Å². The number of nitrogens with two attached hydrogens (primary N) is 1. The lowest BCUT2D eigenvalue weighted by Crippen LogP contribution is -2.63. The smallest absolute Gasteiger partial charge is 0.326 e. The number of carboxylic acid groups (broad SMARTS) is 1. The van der Waals surface area contributed by atoms with E-state index < -0.39 is 17.6 Å². The molecule has 1 amide bonds. The minimum Gasteiger partial charge on any atom is -0.480 e. The molecule has 1 heterocycles. The summed E-state index contributed by atoms with van der Waals surface area (Å²) in [6, 6.07) is -0.683. The van der Waals surface area contributed by atoms with Crippen LogP contribution in [0.15, 0.2) is 0 Å². The lowest BCUT2D eigenvalue weighted by molar-refractivity contribution is -0.157. The second-order valence-corrected chi connectivity index (χ2v) is 5.66. The first-order valence-electron chi connectivity index (χ1n) is 6.80. The molecule has 2 unspecified atom stereocenters. The summed E-state index contributed by atoms with van der Waals surface area (Å²) in [5.74, 6) is -0.648. The summed E-state index contributed by atoms with van der Waals surface area (Å²) in [5.41, 5.74) is 5.24. The second kappa shape index (κ2) is 4.88. The number of likely N-dealkylation sites (tertiary alicyclic amines) is 1. The molecule has 1 aliphatic carbocycles. The van der Waals surface area contributed by atoms with Gasteiger partial charge in [0, 0.05) is 6.54 Å². The van der Waals surface area contributed by atoms with Crippen LogP contribution in [0.4, 0.5) is 0 Å². The number of carbonyl (C=O) groups excluding carboxylic acids is 1. The van der Waals surface area contributed by atoms with E-state index in [0.717, 1.165) is 19.3 Å². The van der Waals surface area contributed by atoms with Gasteiger partial charge in [0.1, 0.15) is 6.04 Å². The zero-order valence-corrected chi connectivity index (χ0v) is 10.9. The third kappa shape index (κ3) is 2.23. The molecule has 18 heavy (non-hydrogen) atoms. The van der Waals surface area contributed by atoms with Gasteiger partial charge in [-0.15, -0.1) is 0 Å². The fourth-order valence-corrected chi connectivity index (χ4v) is 2.94. The zero-order valence-electron chi connectivity index (χ0n) is 10.9. The number of piperidine rings is 1. The molecule has 0 spiro atoms. The van der Waals surface area contributed by atoms with Crippen LogP contribution in [-0.4, -0.2) is 40.0 Å². The summed E-state index contributed by atoms with van der Waals surface area (Å²) in [4.78, 5) is 25.2. The minimum absolute atomic E-state index is 0.157. The Morgan fingerprint density at radius 2 is 2.11 bits per heavy atom. The first-order chi connectivity index (χ1) is 8.48. The number of hydrogen-bond acceptors (Lipinski definition) is 3. The Balaban J connectivity index is 2.10. The minimum atomic E-state index is -0.899. The predicted molar refractivity (Wildman–Crippen MR) is 66.9 cm³/mol. The van der Waals surface area contributed by atoms with Crippen molar-refractivity contribution in [2.45, 2.75) is 57.0 Å². The van der Waals surface area contributed by atoms with Gasteiger partial charge in [-0.05, 0) is 38.0 Å². The van der Waals surface area contributed by atoms with Crippen LogP contribution in [0.2, 0.25) is 0 Å². The van der Waals surface area contributed by atoms with Gasteiger partial charge in [-0.25, -0.2) is 4.79 Å². The quantitative estimate of drug-likeness (QED) is 0.786. The maximum absolute atomic E-state index is 12.3. The summed E-state index contributed by atoms with van der Waals surface area (Å²) in [6.45, 7) is 2.60. The number of carboxylic acids is 1. The molecule has 2 fully saturated rings. The third-order valence-electron chi connectivity index (χ3n) is 4.51. The SMILES string of the molecule is CCC1CCN(C(=O)C2(N)CCC2)C(C(=O)O)C1. The largest absolute Gasteiger partial charge is 0.480 e. The molecule has 2 atom stereocenters. The molecule has 2 rings (SSSR count). The molecule has 0 aromatic carbocycles. The zero-order chi connectivity index (χ0) is 13.3. The normalized spacial score (nSPS) is 30.7. The molecule has 1 aliphatic heterocycles. The summed E-state index contributed by atoms with van der Waals surface area (Å²) < 4.78 is 0. The number of carbonyl (C=O) groups is 2. The van der Waals surface area contributed by atoms with E-state index in [-0.39, 0.29) is 5.91 Å². The molecule has 1 saturated heterocycles. The highest BCUT2D eigenvalue weighted by molar-refractivity contribution is 5.91. The van der Waals surface area contributed by atoms with Gasteiger partial charge in [0.25, 0.3) is 0 Å². The molecule has 0 radical (unpaired) electrons. The van der Waals surface area contributed by atoms with Gasteiger partial charge in [0.15, 0.2) is 0 Å². The van der Waals surface area contributed by atoms with E-state index in [0.29, 0.717) is 31.7 Å². The van der Waals surface area contributed by atoms with Gasteiger partial charge < -0.3 is 15.7 Å². The molecule has 102 valence electrons. The van der Waals surface area contributed by atoms with E-state index in [1.54, 1.807) is 0 Å². The van der Waals surface area contributed by atoms with Crippen molar-refractivity contribution in [3.8, 4) is 0 Å². The summed E-state index contributed by atoms with van der Waals surface area (Å²) >= 11 is 0. The van der Waals surface area contributed by atoms with Crippen LogP contribution in [0.5, 0.6) is 0 Å². The molecule has 0 aromatic heterocycles. The van der Waals surface area contributed by atoms with Gasteiger partial charge in [0.05, 0.1) is 5.54 Å². The van der Waals surface area contributed by atoms with Crippen molar-refractivity contribution in [1.29, 1.82) is 0 Å². The van der Waals surface area contributed by atoms with Crippen LogP contribution < -0.4 is 5.73 Å². The fourth-order valence-electron chi connectivity index (χ4n) is 2.94.